The first-order chi connectivity index (χ1) is 21.2. The highest BCUT2D eigenvalue weighted by Gasteiger charge is 2.45. The van der Waals surface area contributed by atoms with Gasteiger partial charge in [0.2, 0.25) is 10.0 Å². The highest BCUT2D eigenvalue weighted by molar-refractivity contribution is 7.94. The van der Waals surface area contributed by atoms with Gasteiger partial charge < -0.3 is 20.6 Å². The molecule has 2 aromatic heterocycles. The number of aliphatic hydroxyl groups excluding tert-OH is 1. The van der Waals surface area contributed by atoms with Gasteiger partial charge in [0.1, 0.15) is 5.52 Å². The van der Waals surface area contributed by atoms with Gasteiger partial charge in [-0.25, -0.2) is 22.2 Å². The van der Waals surface area contributed by atoms with Crippen LogP contribution in [0.1, 0.15) is 69.2 Å². The molecule has 1 amide bonds. The van der Waals surface area contributed by atoms with E-state index in [0.717, 1.165) is 12.8 Å². The van der Waals surface area contributed by atoms with Gasteiger partial charge in [0.15, 0.2) is 5.82 Å². The lowest BCUT2D eigenvalue weighted by Gasteiger charge is -2.37. The number of nitrogens with one attached hydrogen (secondary N) is 1. The first kappa shape index (κ1) is 31.4. The van der Waals surface area contributed by atoms with E-state index < -0.39 is 26.6 Å². The van der Waals surface area contributed by atoms with E-state index in [4.69, 9.17) is 10.7 Å². The smallest absolute Gasteiger partial charge is 0.251 e. The second-order valence-corrected chi connectivity index (χ2v) is 15.6. The number of fused-ring (bicyclic) bond motifs is 1. The molecule has 13 heteroatoms. The first-order valence-electron chi connectivity index (χ1n) is 15.5. The molecule has 45 heavy (non-hydrogen) atoms. The van der Waals surface area contributed by atoms with Gasteiger partial charge in [0.25, 0.3) is 11.8 Å². The van der Waals surface area contributed by atoms with E-state index in [2.05, 4.69) is 14.6 Å². The second kappa shape index (κ2) is 11.3. The maximum absolute atomic E-state index is 14.2. The maximum Gasteiger partial charge on any atom is 0.251 e. The van der Waals surface area contributed by atoms with Crippen molar-refractivity contribution in [3.63, 3.8) is 0 Å². The van der Waals surface area contributed by atoms with E-state index in [1.165, 1.54) is 38.8 Å². The number of carbonyl (C=O) groups excluding carboxylic acids is 1. The third-order valence-electron chi connectivity index (χ3n) is 9.85. The molecule has 2 saturated heterocycles. The standard InChI is InChI=1S/C32H40F2N6O4S/c1-30(2,13-19-41)45(43,44)38-23-6-5-22(28(35)42)27(39-15-9-31(7-8-31)10-16-39)25(23)24-20-21-4-3-14-36-26(21)29(37-24)40-17-11-32(33,34)12-18-40/h3-6,14,20,38,41H,7-13,15-19H2,1-2H3,(H2,35,42). The summed E-state index contributed by atoms with van der Waals surface area (Å²) in [6.45, 7) is 4.21. The molecule has 1 aliphatic carbocycles. The summed E-state index contributed by atoms with van der Waals surface area (Å²) in [5, 5.41) is 10.3. The van der Waals surface area contributed by atoms with Crippen molar-refractivity contribution in [3.8, 4) is 11.3 Å². The van der Waals surface area contributed by atoms with E-state index in [1.54, 1.807) is 23.2 Å². The molecular formula is C32H40F2N6O4S. The third-order valence-corrected chi connectivity index (χ3v) is 12.0. The molecule has 6 rings (SSSR count). The Bertz CT molecular complexity index is 1720. The molecule has 0 radical (unpaired) electrons. The minimum Gasteiger partial charge on any atom is -0.396 e. The van der Waals surface area contributed by atoms with E-state index in [1.807, 2.05) is 6.07 Å². The zero-order valence-electron chi connectivity index (χ0n) is 25.7. The number of primary amides is 1. The van der Waals surface area contributed by atoms with Crippen molar-refractivity contribution in [2.75, 3.05) is 47.3 Å². The number of pyridine rings is 2. The summed E-state index contributed by atoms with van der Waals surface area (Å²) in [6, 6.07) is 8.46. The molecule has 1 saturated carbocycles. The summed E-state index contributed by atoms with van der Waals surface area (Å²) in [5.74, 6) is -3.01. The van der Waals surface area contributed by atoms with Crippen LogP contribution >= 0.6 is 0 Å². The number of hydrogen-bond acceptors (Lipinski definition) is 8. The van der Waals surface area contributed by atoms with E-state index in [-0.39, 0.29) is 50.2 Å². The number of hydrogen-bond donors (Lipinski definition) is 3. The van der Waals surface area contributed by atoms with Crippen LogP contribution in [-0.4, -0.2) is 72.9 Å². The molecule has 1 spiro atoms. The summed E-state index contributed by atoms with van der Waals surface area (Å²) < 4.78 is 57.2. The topological polar surface area (TPSA) is 142 Å². The summed E-state index contributed by atoms with van der Waals surface area (Å²) in [6.07, 6.45) is 5.20. The van der Waals surface area contributed by atoms with Crippen LogP contribution in [0.25, 0.3) is 22.2 Å². The number of piperidine rings is 2. The second-order valence-electron chi connectivity index (χ2n) is 13.3. The SMILES string of the molecule is CC(C)(CCO)S(=O)(=O)Nc1ccc(C(N)=O)c(N2CCC3(CC2)CC3)c1-c1cc2cccnc2c(N2CCC(F)(F)CC2)n1. The van der Waals surface area contributed by atoms with Gasteiger partial charge in [-0.05, 0) is 75.6 Å². The van der Waals surface area contributed by atoms with Gasteiger partial charge in [-0.15, -0.1) is 0 Å². The average molecular weight is 643 g/mol. The number of nitrogens with zero attached hydrogens (tertiary/aromatic N) is 4. The van der Waals surface area contributed by atoms with Crippen molar-refractivity contribution in [3.05, 3.63) is 42.1 Å². The Morgan fingerprint density at radius 2 is 1.71 bits per heavy atom. The molecular weight excluding hydrogens is 602 g/mol. The Balaban J connectivity index is 1.57. The van der Waals surface area contributed by atoms with E-state index >= 15 is 0 Å². The lowest BCUT2D eigenvalue weighted by atomic mass is 9.91. The molecule has 0 bridgehead atoms. The molecule has 0 atom stereocenters. The molecule has 10 nitrogen and oxygen atoms in total. The van der Waals surface area contributed by atoms with Gasteiger partial charge in [0, 0.05) is 62.8 Å². The van der Waals surface area contributed by atoms with Crippen LogP contribution in [-0.2, 0) is 10.0 Å². The van der Waals surface area contributed by atoms with Gasteiger partial charge in [-0.2, -0.15) is 0 Å². The summed E-state index contributed by atoms with van der Waals surface area (Å²) >= 11 is 0. The number of sulfonamides is 1. The van der Waals surface area contributed by atoms with Gasteiger partial charge >= 0.3 is 0 Å². The van der Waals surface area contributed by atoms with Gasteiger partial charge in [0.05, 0.1) is 27.4 Å². The number of anilines is 3. The number of rotatable bonds is 9. The summed E-state index contributed by atoms with van der Waals surface area (Å²) in [5.41, 5.74) is 8.50. The maximum atomic E-state index is 14.2. The Morgan fingerprint density at radius 1 is 1.04 bits per heavy atom. The van der Waals surface area contributed by atoms with Crippen LogP contribution in [0.5, 0.6) is 0 Å². The first-order valence-corrected chi connectivity index (χ1v) is 17.0. The van der Waals surface area contributed by atoms with Crippen LogP contribution in [0, 0.1) is 5.41 Å². The van der Waals surface area contributed by atoms with Gasteiger partial charge in [-0.3, -0.25) is 14.5 Å². The molecule has 3 aromatic rings. The van der Waals surface area contributed by atoms with Crippen molar-refractivity contribution < 1.29 is 27.1 Å². The highest BCUT2D eigenvalue weighted by atomic mass is 32.2. The lowest BCUT2D eigenvalue weighted by molar-refractivity contribution is -0.0221. The molecule has 2 aliphatic heterocycles. The zero-order valence-corrected chi connectivity index (χ0v) is 26.5. The minimum atomic E-state index is -4.06. The number of aliphatic hydroxyl groups is 1. The molecule has 1 aromatic carbocycles. The molecule has 3 aliphatic rings. The van der Waals surface area contributed by atoms with E-state index in [9.17, 15) is 27.1 Å². The highest BCUT2D eigenvalue weighted by Crippen LogP contribution is 2.55. The fraction of sp³-hybridized carbons (Fsp3) is 0.531. The number of carbonyl (C=O) groups is 1. The Hall–Kier alpha value is -3.58. The number of halogens is 2. The molecule has 4 heterocycles. The molecule has 242 valence electrons. The number of alkyl halides is 2. The van der Waals surface area contributed by atoms with Crippen LogP contribution in [0.15, 0.2) is 36.5 Å². The quantitative estimate of drug-likeness (QED) is 0.299. The lowest BCUT2D eigenvalue weighted by Crippen LogP contribution is -2.40. The molecule has 3 fully saturated rings. The Morgan fingerprint density at radius 3 is 2.33 bits per heavy atom. The number of aromatic nitrogens is 2. The number of nitrogens with two attached hydrogens (primary N) is 1. The molecule has 4 N–H and O–H groups in total. The summed E-state index contributed by atoms with van der Waals surface area (Å²) in [4.78, 5) is 26.3. The predicted octanol–water partition coefficient (Wildman–Crippen LogP) is 4.91. The number of benzene rings is 1. The van der Waals surface area contributed by atoms with Crippen molar-refractivity contribution in [2.45, 2.75) is 69.5 Å². The normalized spacial score (nSPS) is 19.6. The minimum absolute atomic E-state index is 0.00172. The third kappa shape index (κ3) is 6.04. The van der Waals surface area contributed by atoms with Crippen LogP contribution in [0.4, 0.5) is 26.0 Å². The summed E-state index contributed by atoms with van der Waals surface area (Å²) in [7, 11) is -4.06. The van der Waals surface area contributed by atoms with Crippen LogP contribution in [0.3, 0.4) is 0 Å². The van der Waals surface area contributed by atoms with Gasteiger partial charge in [-0.1, -0.05) is 6.07 Å². The van der Waals surface area contributed by atoms with Crippen molar-refractivity contribution >= 4 is 44.0 Å². The van der Waals surface area contributed by atoms with E-state index in [0.29, 0.717) is 52.2 Å². The fourth-order valence-electron chi connectivity index (χ4n) is 6.49. The monoisotopic (exact) mass is 642 g/mol. The predicted molar refractivity (Wildman–Crippen MR) is 171 cm³/mol. The van der Waals surface area contributed by atoms with Crippen molar-refractivity contribution in [1.29, 1.82) is 0 Å². The number of amides is 1. The average Bonchev–Trinajstić information content (AvgIpc) is 3.75. The fourth-order valence-corrected chi connectivity index (χ4v) is 7.59. The Kier molecular flexibility index (Phi) is 7.91. The van der Waals surface area contributed by atoms with Crippen molar-refractivity contribution in [1.82, 2.24) is 9.97 Å². The molecule has 0 unspecified atom stereocenters. The van der Waals surface area contributed by atoms with Crippen molar-refractivity contribution in [2.24, 2.45) is 11.1 Å². The van der Waals surface area contributed by atoms with Crippen LogP contribution < -0.4 is 20.3 Å². The largest absolute Gasteiger partial charge is 0.396 e. The zero-order chi connectivity index (χ0) is 32.2. The van der Waals surface area contributed by atoms with Crippen LogP contribution in [0.2, 0.25) is 0 Å². The Labute approximate surface area is 262 Å².